The maximum absolute atomic E-state index is 12.1. The standard InChI is InChI=1S/C16H22O3/c17-15-13-11-7-3-1-5-9(11)10-6-2-4-8-12(10)14(13)16(18)19-15/h9-14H,1-8H2/t9-,10+,11-,12-,13-,14+/m1/s1. The average molecular weight is 262 g/mol. The van der Waals surface area contributed by atoms with Crippen LogP contribution in [-0.2, 0) is 14.3 Å². The minimum atomic E-state index is -0.198. The van der Waals surface area contributed by atoms with Gasteiger partial charge in [0.15, 0.2) is 0 Å². The van der Waals surface area contributed by atoms with Gasteiger partial charge in [-0.05, 0) is 49.4 Å². The van der Waals surface area contributed by atoms with Gasteiger partial charge in [0, 0.05) is 0 Å². The van der Waals surface area contributed by atoms with Crippen molar-refractivity contribution in [2.24, 2.45) is 35.5 Å². The number of esters is 2. The lowest BCUT2D eigenvalue weighted by Gasteiger charge is -2.51. The van der Waals surface area contributed by atoms with Crippen molar-refractivity contribution in [1.82, 2.24) is 0 Å². The lowest BCUT2D eigenvalue weighted by molar-refractivity contribution is -0.154. The number of carbonyl (C=O) groups excluding carboxylic acids is 2. The van der Waals surface area contributed by atoms with E-state index in [1.54, 1.807) is 0 Å². The molecular formula is C16H22O3. The highest BCUT2D eigenvalue weighted by molar-refractivity contribution is 5.97. The molecule has 0 aromatic heterocycles. The third-order valence-electron chi connectivity index (χ3n) is 6.35. The second kappa shape index (κ2) is 4.32. The highest BCUT2D eigenvalue weighted by Crippen LogP contribution is 2.58. The predicted molar refractivity (Wildman–Crippen MR) is 69.0 cm³/mol. The van der Waals surface area contributed by atoms with Gasteiger partial charge in [0.25, 0.3) is 0 Å². The summed E-state index contributed by atoms with van der Waals surface area (Å²) in [5.41, 5.74) is 0. The van der Waals surface area contributed by atoms with Crippen molar-refractivity contribution in [3.63, 3.8) is 0 Å². The fourth-order valence-electron chi connectivity index (χ4n) is 5.74. The van der Waals surface area contributed by atoms with Gasteiger partial charge >= 0.3 is 11.9 Å². The zero-order valence-electron chi connectivity index (χ0n) is 11.3. The van der Waals surface area contributed by atoms with Crippen molar-refractivity contribution in [3.8, 4) is 0 Å². The first-order valence-corrected chi connectivity index (χ1v) is 8.03. The summed E-state index contributed by atoms with van der Waals surface area (Å²) >= 11 is 0. The first kappa shape index (κ1) is 11.9. The topological polar surface area (TPSA) is 43.4 Å². The number of cyclic esters (lactones) is 2. The molecule has 104 valence electrons. The fraction of sp³-hybridized carbons (Fsp3) is 0.875. The number of rotatable bonds is 0. The van der Waals surface area contributed by atoms with E-state index < -0.39 is 0 Å². The Labute approximate surface area is 114 Å². The summed E-state index contributed by atoms with van der Waals surface area (Å²) in [6, 6.07) is 0. The van der Waals surface area contributed by atoms with Crippen LogP contribution < -0.4 is 0 Å². The Kier molecular flexibility index (Phi) is 2.71. The second-order valence-electron chi connectivity index (χ2n) is 7.02. The maximum Gasteiger partial charge on any atom is 0.317 e. The second-order valence-corrected chi connectivity index (χ2v) is 7.02. The Morgan fingerprint density at radius 2 is 1.00 bits per heavy atom. The van der Waals surface area contributed by atoms with Crippen LogP contribution in [0.5, 0.6) is 0 Å². The van der Waals surface area contributed by atoms with Crippen LogP contribution in [0.4, 0.5) is 0 Å². The molecule has 0 N–H and O–H groups in total. The molecule has 1 saturated heterocycles. The number of carbonyl (C=O) groups is 2. The number of ether oxygens (including phenoxy) is 1. The van der Waals surface area contributed by atoms with Crippen molar-refractivity contribution >= 4 is 11.9 Å². The van der Waals surface area contributed by atoms with Crippen molar-refractivity contribution in [3.05, 3.63) is 0 Å². The molecule has 0 spiro atoms. The van der Waals surface area contributed by atoms with Gasteiger partial charge in [-0.2, -0.15) is 0 Å². The van der Waals surface area contributed by atoms with Gasteiger partial charge in [-0.1, -0.05) is 25.7 Å². The average Bonchev–Trinajstić information content (AvgIpc) is 2.75. The SMILES string of the molecule is O=C1OC(=O)[C@H]2[C@@H]3CCCC[C@H]3[C@H]3CCCC[C@H]3[C@@H]12. The molecule has 3 saturated carbocycles. The van der Waals surface area contributed by atoms with E-state index in [1.165, 1.54) is 38.5 Å². The highest BCUT2D eigenvalue weighted by Gasteiger charge is 2.60. The van der Waals surface area contributed by atoms with Crippen molar-refractivity contribution in [2.75, 3.05) is 0 Å². The van der Waals surface area contributed by atoms with E-state index in [-0.39, 0.29) is 23.8 Å². The molecule has 4 rings (SSSR count). The van der Waals surface area contributed by atoms with Crippen LogP contribution in [0.15, 0.2) is 0 Å². The Hall–Kier alpha value is -0.860. The molecule has 4 fully saturated rings. The molecule has 1 aliphatic heterocycles. The third-order valence-corrected chi connectivity index (χ3v) is 6.35. The van der Waals surface area contributed by atoms with Gasteiger partial charge in [0.2, 0.25) is 0 Å². The number of fused-ring (bicyclic) bond motifs is 6. The highest BCUT2D eigenvalue weighted by atomic mass is 16.6. The molecule has 0 aromatic rings. The minimum Gasteiger partial charge on any atom is -0.393 e. The molecule has 1 heterocycles. The Morgan fingerprint density at radius 1 is 0.632 bits per heavy atom. The molecule has 3 nitrogen and oxygen atoms in total. The summed E-state index contributed by atoms with van der Waals surface area (Å²) < 4.78 is 5.03. The Bertz CT molecular complexity index is 378. The van der Waals surface area contributed by atoms with Gasteiger partial charge in [-0.15, -0.1) is 0 Å². The smallest absolute Gasteiger partial charge is 0.317 e. The van der Waals surface area contributed by atoms with Crippen LogP contribution >= 0.6 is 0 Å². The van der Waals surface area contributed by atoms with E-state index in [4.69, 9.17) is 4.74 Å². The Balaban J connectivity index is 1.74. The van der Waals surface area contributed by atoms with Gasteiger partial charge in [0.1, 0.15) is 0 Å². The van der Waals surface area contributed by atoms with Crippen molar-refractivity contribution in [2.45, 2.75) is 51.4 Å². The zero-order valence-corrected chi connectivity index (χ0v) is 11.3. The van der Waals surface area contributed by atoms with Gasteiger partial charge in [-0.25, -0.2) is 0 Å². The van der Waals surface area contributed by atoms with Crippen LogP contribution in [0.2, 0.25) is 0 Å². The van der Waals surface area contributed by atoms with Crippen LogP contribution in [0.3, 0.4) is 0 Å². The molecule has 0 unspecified atom stereocenters. The molecule has 3 heteroatoms. The summed E-state index contributed by atoms with van der Waals surface area (Å²) in [5.74, 6) is 1.70. The Morgan fingerprint density at radius 3 is 1.42 bits per heavy atom. The summed E-state index contributed by atoms with van der Waals surface area (Å²) in [6.45, 7) is 0. The van der Waals surface area contributed by atoms with E-state index in [0.29, 0.717) is 23.7 Å². The molecule has 0 bridgehead atoms. The predicted octanol–water partition coefficient (Wildman–Crippen LogP) is 2.93. The fourth-order valence-corrected chi connectivity index (χ4v) is 5.74. The lowest BCUT2D eigenvalue weighted by Crippen LogP contribution is -2.49. The summed E-state index contributed by atoms with van der Waals surface area (Å²) in [5, 5.41) is 0. The maximum atomic E-state index is 12.1. The van der Waals surface area contributed by atoms with Gasteiger partial charge in [-0.3, -0.25) is 9.59 Å². The van der Waals surface area contributed by atoms with Crippen LogP contribution in [0.25, 0.3) is 0 Å². The van der Waals surface area contributed by atoms with Gasteiger partial charge in [0.05, 0.1) is 11.8 Å². The lowest BCUT2D eigenvalue weighted by atomic mass is 9.51. The third kappa shape index (κ3) is 1.63. The molecule has 0 radical (unpaired) electrons. The van der Waals surface area contributed by atoms with Crippen molar-refractivity contribution < 1.29 is 14.3 Å². The minimum absolute atomic E-state index is 0.0860. The van der Waals surface area contributed by atoms with E-state index in [9.17, 15) is 9.59 Å². The number of hydrogen-bond acceptors (Lipinski definition) is 3. The van der Waals surface area contributed by atoms with Crippen molar-refractivity contribution in [1.29, 1.82) is 0 Å². The van der Waals surface area contributed by atoms with Crippen LogP contribution in [-0.4, -0.2) is 11.9 Å². The molecule has 0 amide bonds. The summed E-state index contributed by atoms with van der Waals surface area (Å²) in [4.78, 5) is 24.2. The molecule has 19 heavy (non-hydrogen) atoms. The largest absolute Gasteiger partial charge is 0.393 e. The van der Waals surface area contributed by atoms with Gasteiger partial charge < -0.3 is 4.74 Å². The molecule has 4 aliphatic rings. The number of hydrogen-bond donors (Lipinski definition) is 0. The van der Waals surface area contributed by atoms with E-state index in [1.807, 2.05) is 0 Å². The van der Waals surface area contributed by atoms with E-state index in [2.05, 4.69) is 0 Å². The first-order chi connectivity index (χ1) is 9.27. The normalized spacial score (nSPS) is 49.1. The molecular weight excluding hydrogens is 240 g/mol. The van der Waals surface area contributed by atoms with E-state index >= 15 is 0 Å². The van der Waals surface area contributed by atoms with E-state index in [0.717, 1.165) is 12.8 Å². The quantitative estimate of drug-likeness (QED) is 0.498. The summed E-state index contributed by atoms with van der Waals surface area (Å²) in [7, 11) is 0. The molecule has 6 atom stereocenters. The zero-order chi connectivity index (χ0) is 13.0. The summed E-state index contributed by atoms with van der Waals surface area (Å²) in [6.07, 6.45) is 9.89. The molecule has 0 aromatic carbocycles. The van der Waals surface area contributed by atoms with Crippen LogP contribution in [0.1, 0.15) is 51.4 Å². The first-order valence-electron chi connectivity index (χ1n) is 8.03. The van der Waals surface area contributed by atoms with Crippen LogP contribution in [0, 0.1) is 35.5 Å². The monoisotopic (exact) mass is 262 g/mol. The molecule has 3 aliphatic carbocycles.